The molecule has 1 aromatic heterocycles. The summed E-state index contributed by atoms with van der Waals surface area (Å²) in [6.07, 6.45) is 1.96. The quantitative estimate of drug-likeness (QED) is 0.761. The van der Waals surface area contributed by atoms with Crippen molar-refractivity contribution in [1.29, 1.82) is 0 Å². The highest BCUT2D eigenvalue weighted by Gasteiger charge is 2.09. The van der Waals surface area contributed by atoms with E-state index in [1.54, 1.807) is 0 Å². The highest BCUT2D eigenvalue weighted by atomic mass is 35.5. The van der Waals surface area contributed by atoms with E-state index in [9.17, 15) is 0 Å². The molecule has 0 amide bonds. The van der Waals surface area contributed by atoms with Crippen molar-refractivity contribution in [3.8, 4) is 5.69 Å². The molecule has 3 heteroatoms. The summed E-state index contributed by atoms with van der Waals surface area (Å²) < 4.78 is 2.06. The van der Waals surface area contributed by atoms with Crippen LogP contribution in [0.25, 0.3) is 5.69 Å². The van der Waals surface area contributed by atoms with Crippen molar-refractivity contribution in [3.63, 3.8) is 0 Å². The minimum Gasteiger partial charge on any atom is -0.237 e. The summed E-state index contributed by atoms with van der Waals surface area (Å²) in [7, 11) is 0. The molecule has 0 saturated heterocycles. The summed E-state index contributed by atoms with van der Waals surface area (Å²) in [6, 6.07) is 8.50. The molecule has 0 bridgehead atoms. The molecule has 0 spiro atoms. The predicted molar refractivity (Wildman–Crippen MR) is 76.6 cm³/mol. The Morgan fingerprint density at radius 3 is 2.50 bits per heavy atom. The van der Waals surface area contributed by atoms with E-state index in [0.29, 0.717) is 5.88 Å². The summed E-state index contributed by atoms with van der Waals surface area (Å²) >= 11 is 5.86. The van der Waals surface area contributed by atoms with Crippen molar-refractivity contribution in [1.82, 2.24) is 9.78 Å². The molecule has 2 aromatic rings. The highest BCUT2D eigenvalue weighted by molar-refractivity contribution is 6.17. The molecule has 96 valence electrons. The molecule has 1 heterocycles. The zero-order valence-corrected chi connectivity index (χ0v) is 12.0. The summed E-state index contributed by atoms with van der Waals surface area (Å²) in [5, 5.41) is 4.67. The molecule has 0 N–H and O–H groups in total. The van der Waals surface area contributed by atoms with Crippen molar-refractivity contribution >= 4 is 11.6 Å². The summed E-state index contributed by atoms with van der Waals surface area (Å²) in [6.45, 7) is 6.41. The van der Waals surface area contributed by atoms with E-state index in [1.807, 2.05) is 0 Å². The standard InChI is InChI=1S/C15H19ClN2/c1-4-13-9-14(5-2)18(17-13)15-7-6-12(10-16)8-11(15)3/h6-9H,4-5,10H2,1-3H3. The van der Waals surface area contributed by atoms with Crippen LogP contribution in [0.5, 0.6) is 0 Å². The molecule has 0 aliphatic carbocycles. The Bertz CT molecular complexity index is 543. The molecule has 1 aromatic carbocycles. The van der Waals surface area contributed by atoms with Gasteiger partial charge in [-0.05, 0) is 43.0 Å². The van der Waals surface area contributed by atoms with Crippen molar-refractivity contribution in [2.75, 3.05) is 0 Å². The molecule has 0 radical (unpaired) electrons. The van der Waals surface area contributed by atoms with Crippen LogP contribution in [0.2, 0.25) is 0 Å². The first-order valence-corrected chi connectivity index (χ1v) is 6.96. The predicted octanol–water partition coefficient (Wildman–Crippen LogP) is 4.04. The topological polar surface area (TPSA) is 17.8 Å². The summed E-state index contributed by atoms with van der Waals surface area (Å²) in [5.41, 5.74) is 5.93. The molecule has 0 atom stereocenters. The third-order valence-electron chi connectivity index (χ3n) is 3.20. The average molecular weight is 263 g/mol. The largest absolute Gasteiger partial charge is 0.237 e. The van der Waals surface area contributed by atoms with Gasteiger partial charge in [0.1, 0.15) is 0 Å². The first-order valence-electron chi connectivity index (χ1n) is 6.43. The Kier molecular flexibility index (Phi) is 4.07. The number of hydrogen-bond acceptors (Lipinski definition) is 1. The van der Waals surface area contributed by atoms with Gasteiger partial charge < -0.3 is 0 Å². The minimum atomic E-state index is 0.557. The lowest BCUT2D eigenvalue weighted by atomic mass is 10.1. The van der Waals surface area contributed by atoms with Crippen LogP contribution in [0, 0.1) is 6.92 Å². The maximum absolute atomic E-state index is 5.86. The van der Waals surface area contributed by atoms with Gasteiger partial charge in [-0.2, -0.15) is 5.10 Å². The fourth-order valence-corrected chi connectivity index (χ4v) is 2.31. The van der Waals surface area contributed by atoms with E-state index in [0.717, 1.165) is 29.8 Å². The van der Waals surface area contributed by atoms with E-state index < -0.39 is 0 Å². The number of benzene rings is 1. The van der Waals surface area contributed by atoms with Gasteiger partial charge in [0.15, 0.2) is 0 Å². The minimum absolute atomic E-state index is 0.557. The van der Waals surface area contributed by atoms with Crippen LogP contribution < -0.4 is 0 Å². The fraction of sp³-hybridized carbons (Fsp3) is 0.400. The molecule has 0 unspecified atom stereocenters. The van der Waals surface area contributed by atoms with E-state index >= 15 is 0 Å². The maximum atomic E-state index is 5.86. The number of nitrogens with zero attached hydrogens (tertiary/aromatic N) is 2. The van der Waals surface area contributed by atoms with Crippen LogP contribution in [0.3, 0.4) is 0 Å². The zero-order chi connectivity index (χ0) is 13.1. The molecule has 0 aliphatic heterocycles. The van der Waals surface area contributed by atoms with Crippen LogP contribution in [0.4, 0.5) is 0 Å². The molecule has 2 nitrogen and oxygen atoms in total. The molecule has 0 saturated carbocycles. The first kappa shape index (κ1) is 13.2. The number of halogens is 1. The Morgan fingerprint density at radius 1 is 1.17 bits per heavy atom. The van der Waals surface area contributed by atoms with Gasteiger partial charge in [0, 0.05) is 11.6 Å². The number of rotatable bonds is 4. The Balaban J connectivity index is 2.50. The van der Waals surface area contributed by atoms with E-state index in [-0.39, 0.29) is 0 Å². The first-order chi connectivity index (χ1) is 8.69. The Hall–Kier alpha value is -1.28. The van der Waals surface area contributed by atoms with Gasteiger partial charge in [-0.25, -0.2) is 4.68 Å². The summed E-state index contributed by atoms with van der Waals surface area (Å²) in [5.74, 6) is 0.557. The molecule has 0 fully saturated rings. The molecule has 2 rings (SSSR count). The normalized spacial score (nSPS) is 10.9. The maximum Gasteiger partial charge on any atom is 0.0678 e. The Labute approximate surface area is 114 Å². The molecule has 0 aliphatic rings. The van der Waals surface area contributed by atoms with Crippen LogP contribution in [-0.2, 0) is 18.7 Å². The third-order valence-corrected chi connectivity index (χ3v) is 3.51. The number of hydrogen-bond donors (Lipinski definition) is 0. The zero-order valence-electron chi connectivity index (χ0n) is 11.2. The second kappa shape index (κ2) is 5.57. The summed E-state index contributed by atoms with van der Waals surface area (Å²) in [4.78, 5) is 0. The van der Waals surface area contributed by atoms with Gasteiger partial charge >= 0.3 is 0 Å². The second-order valence-electron chi connectivity index (χ2n) is 4.50. The van der Waals surface area contributed by atoms with Gasteiger partial charge in [0.2, 0.25) is 0 Å². The van der Waals surface area contributed by atoms with Crippen molar-refractivity contribution in [2.24, 2.45) is 0 Å². The van der Waals surface area contributed by atoms with Gasteiger partial charge in [-0.3, -0.25) is 0 Å². The molecule has 18 heavy (non-hydrogen) atoms. The highest BCUT2D eigenvalue weighted by Crippen LogP contribution is 2.19. The average Bonchev–Trinajstić information content (AvgIpc) is 2.81. The monoisotopic (exact) mass is 262 g/mol. The lowest BCUT2D eigenvalue weighted by molar-refractivity contribution is 0.789. The van der Waals surface area contributed by atoms with E-state index in [2.05, 4.69) is 54.8 Å². The van der Waals surface area contributed by atoms with Gasteiger partial charge in [0.25, 0.3) is 0 Å². The lowest BCUT2D eigenvalue weighted by Gasteiger charge is -2.10. The third kappa shape index (κ3) is 2.44. The van der Waals surface area contributed by atoms with Gasteiger partial charge in [-0.1, -0.05) is 26.0 Å². The van der Waals surface area contributed by atoms with Gasteiger partial charge in [-0.15, -0.1) is 11.6 Å². The van der Waals surface area contributed by atoms with Crippen LogP contribution in [0.1, 0.15) is 36.4 Å². The Morgan fingerprint density at radius 2 is 1.94 bits per heavy atom. The number of alkyl halides is 1. The van der Waals surface area contributed by atoms with Crippen LogP contribution in [0.15, 0.2) is 24.3 Å². The molecular formula is C15H19ClN2. The number of aryl methyl sites for hydroxylation is 3. The van der Waals surface area contributed by atoms with Crippen molar-refractivity contribution < 1.29 is 0 Å². The fourth-order valence-electron chi connectivity index (χ4n) is 2.15. The number of aromatic nitrogens is 2. The van der Waals surface area contributed by atoms with Crippen LogP contribution >= 0.6 is 11.6 Å². The second-order valence-corrected chi connectivity index (χ2v) is 4.77. The van der Waals surface area contributed by atoms with Crippen molar-refractivity contribution in [3.05, 3.63) is 46.8 Å². The molecular weight excluding hydrogens is 244 g/mol. The van der Waals surface area contributed by atoms with Crippen molar-refractivity contribution in [2.45, 2.75) is 39.5 Å². The van der Waals surface area contributed by atoms with Crippen LogP contribution in [-0.4, -0.2) is 9.78 Å². The van der Waals surface area contributed by atoms with Gasteiger partial charge in [0.05, 0.1) is 11.4 Å². The lowest BCUT2D eigenvalue weighted by Crippen LogP contribution is -2.04. The van der Waals surface area contributed by atoms with E-state index in [1.165, 1.54) is 11.3 Å². The SMILES string of the molecule is CCc1cc(CC)n(-c2ccc(CCl)cc2C)n1. The van der Waals surface area contributed by atoms with E-state index in [4.69, 9.17) is 11.6 Å². The smallest absolute Gasteiger partial charge is 0.0678 e.